The summed E-state index contributed by atoms with van der Waals surface area (Å²) in [5, 5.41) is 2.85. The summed E-state index contributed by atoms with van der Waals surface area (Å²) in [6.07, 6.45) is 1.62. The van der Waals surface area contributed by atoms with Crippen LogP contribution in [0.1, 0.15) is 42.6 Å². The SMILES string of the molecule is Cc1ccc(OCCCCNC(=O)c2ccc(S(=O)(=O)N(C)C(C)C)cc2)cc1. The van der Waals surface area contributed by atoms with Crippen molar-refractivity contribution in [2.45, 2.75) is 44.6 Å². The van der Waals surface area contributed by atoms with Crippen LogP contribution in [-0.4, -0.2) is 44.9 Å². The number of hydrogen-bond acceptors (Lipinski definition) is 4. The Morgan fingerprint density at radius 1 is 1.03 bits per heavy atom. The number of rotatable bonds is 10. The molecule has 0 unspecified atom stereocenters. The molecule has 1 N–H and O–H groups in total. The van der Waals surface area contributed by atoms with Gasteiger partial charge in [-0.1, -0.05) is 17.7 Å². The van der Waals surface area contributed by atoms with E-state index in [-0.39, 0.29) is 16.8 Å². The maximum atomic E-state index is 12.5. The second-order valence-electron chi connectivity index (χ2n) is 7.26. The van der Waals surface area contributed by atoms with E-state index in [1.54, 1.807) is 7.05 Å². The molecule has 2 rings (SSSR count). The number of nitrogens with zero attached hydrogens (tertiary/aromatic N) is 1. The van der Waals surface area contributed by atoms with E-state index in [0.29, 0.717) is 18.7 Å². The van der Waals surface area contributed by atoms with Gasteiger partial charge in [0.15, 0.2) is 0 Å². The van der Waals surface area contributed by atoms with Crippen LogP contribution in [0.15, 0.2) is 53.4 Å². The predicted molar refractivity (Wildman–Crippen MR) is 115 cm³/mol. The maximum Gasteiger partial charge on any atom is 0.251 e. The molecule has 0 aliphatic carbocycles. The van der Waals surface area contributed by atoms with Gasteiger partial charge in [-0.2, -0.15) is 4.31 Å². The zero-order valence-electron chi connectivity index (χ0n) is 17.5. The highest BCUT2D eigenvalue weighted by molar-refractivity contribution is 7.89. The summed E-state index contributed by atoms with van der Waals surface area (Å²) in [4.78, 5) is 12.4. The van der Waals surface area contributed by atoms with E-state index < -0.39 is 10.0 Å². The Kier molecular flexibility index (Phi) is 8.22. The van der Waals surface area contributed by atoms with Crippen molar-refractivity contribution in [2.24, 2.45) is 0 Å². The largest absolute Gasteiger partial charge is 0.494 e. The Balaban J connectivity index is 1.76. The van der Waals surface area contributed by atoms with Gasteiger partial charge in [0.1, 0.15) is 5.75 Å². The minimum atomic E-state index is -3.55. The number of carbonyl (C=O) groups is 1. The summed E-state index contributed by atoms with van der Waals surface area (Å²) in [5.74, 6) is 0.628. The lowest BCUT2D eigenvalue weighted by Gasteiger charge is -2.21. The van der Waals surface area contributed by atoms with Gasteiger partial charge in [0, 0.05) is 25.2 Å². The quantitative estimate of drug-likeness (QED) is 0.598. The second-order valence-corrected chi connectivity index (χ2v) is 9.26. The van der Waals surface area contributed by atoms with Gasteiger partial charge in [-0.05, 0) is 70.0 Å². The van der Waals surface area contributed by atoms with E-state index in [2.05, 4.69) is 5.32 Å². The lowest BCUT2D eigenvalue weighted by atomic mass is 10.2. The third-order valence-corrected chi connectivity index (χ3v) is 6.71. The van der Waals surface area contributed by atoms with Gasteiger partial charge >= 0.3 is 0 Å². The summed E-state index contributed by atoms with van der Waals surface area (Å²) in [7, 11) is -2.00. The lowest BCUT2D eigenvalue weighted by molar-refractivity contribution is 0.0952. The van der Waals surface area contributed by atoms with Gasteiger partial charge in [0.25, 0.3) is 5.91 Å². The van der Waals surface area contributed by atoms with Crippen LogP contribution in [0.25, 0.3) is 0 Å². The molecule has 29 heavy (non-hydrogen) atoms. The molecule has 158 valence electrons. The molecule has 0 aliphatic heterocycles. The van der Waals surface area contributed by atoms with E-state index in [1.807, 2.05) is 45.0 Å². The molecule has 0 saturated carbocycles. The second kappa shape index (κ2) is 10.4. The first-order valence-corrected chi connectivity index (χ1v) is 11.2. The van der Waals surface area contributed by atoms with Gasteiger partial charge in [-0.25, -0.2) is 8.42 Å². The number of nitrogens with one attached hydrogen (secondary N) is 1. The normalized spacial score (nSPS) is 11.7. The van der Waals surface area contributed by atoms with Crippen LogP contribution < -0.4 is 10.1 Å². The van der Waals surface area contributed by atoms with Gasteiger partial charge in [-0.15, -0.1) is 0 Å². The van der Waals surface area contributed by atoms with E-state index in [0.717, 1.165) is 18.6 Å². The number of carbonyl (C=O) groups excluding carboxylic acids is 1. The monoisotopic (exact) mass is 418 g/mol. The molecule has 0 radical (unpaired) electrons. The number of amides is 1. The molecule has 0 saturated heterocycles. The molecule has 0 aliphatic rings. The molecule has 0 aromatic heterocycles. The molecular weight excluding hydrogens is 388 g/mol. The molecule has 6 nitrogen and oxygen atoms in total. The standard InChI is InChI=1S/C22H30N2O4S/c1-17(2)24(4)29(26,27)21-13-9-19(10-14-21)22(25)23-15-5-6-16-28-20-11-7-18(3)8-12-20/h7-14,17H,5-6,15-16H2,1-4H3,(H,23,25). The fourth-order valence-electron chi connectivity index (χ4n) is 2.58. The average Bonchev–Trinajstić information content (AvgIpc) is 2.71. The van der Waals surface area contributed by atoms with Crippen LogP contribution in [0, 0.1) is 6.92 Å². The van der Waals surface area contributed by atoms with Crippen molar-refractivity contribution in [1.29, 1.82) is 0 Å². The van der Waals surface area contributed by atoms with E-state index >= 15 is 0 Å². The first-order valence-electron chi connectivity index (χ1n) is 9.77. The Bertz CT molecular complexity index is 891. The van der Waals surface area contributed by atoms with Crippen molar-refractivity contribution in [1.82, 2.24) is 9.62 Å². The summed E-state index contributed by atoms with van der Waals surface area (Å²) in [6.45, 7) is 6.78. The molecule has 0 heterocycles. The number of unbranched alkanes of at least 4 members (excludes halogenated alkanes) is 1. The molecule has 2 aromatic rings. The third-order valence-electron chi connectivity index (χ3n) is 4.67. The molecule has 2 aromatic carbocycles. The summed E-state index contributed by atoms with van der Waals surface area (Å²) in [6, 6.07) is 13.8. The minimum absolute atomic E-state index is 0.141. The zero-order valence-corrected chi connectivity index (χ0v) is 18.3. The average molecular weight is 419 g/mol. The highest BCUT2D eigenvalue weighted by Crippen LogP contribution is 2.17. The van der Waals surface area contributed by atoms with Crippen molar-refractivity contribution >= 4 is 15.9 Å². The van der Waals surface area contributed by atoms with E-state index in [9.17, 15) is 13.2 Å². The van der Waals surface area contributed by atoms with Gasteiger partial charge in [0.05, 0.1) is 11.5 Å². The summed E-state index contributed by atoms with van der Waals surface area (Å²) in [5.41, 5.74) is 1.63. The molecule has 1 amide bonds. The lowest BCUT2D eigenvalue weighted by Crippen LogP contribution is -2.33. The van der Waals surface area contributed by atoms with Crippen molar-refractivity contribution in [3.8, 4) is 5.75 Å². The number of hydrogen-bond donors (Lipinski definition) is 1. The fraction of sp³-hybridized carbons (Fsp3) is 0.409. The van der Waals surface area contributed by atoms with Crippen LogP contribution >= 0.6 is 0 Å². The molecule has 0 bridgehead atoms. The zero-order chi connectivity index (χ0) is 21.4. The van der Waals surface area contributed by atoms with Crippen molar-refractivity contribution < 1.29 is 17.9 Å². The van der Waals surface area contributed by atoms with Crippen LogP contribution in [0.4, 0.5) is 0 Å². The first-order chi connectivity index (χ1) is 13.7. The Morgan fingerprint density at radius 3 is 2.24 bits per heavy atom. The summed E-state index contributed by atoms with van der Waals surface area (Å²) < 4.78 is 31.9. The van der Waals surface area contributed by atoms with Crippen LogP contribution in [0.2, 0.25) is 0 Å². The fourth-order valence-corrected chi connectivity index (χ4v) is 3.95. The Hall–Kier alpha value is -2.38. The minimum Gasteiger partial charge on any atom is -0.494 e. The van der Waals surface area contributed by atoms with Crippen LogP contribution in [-0.2, 0) is 10.0 Å². The third kappa shape index (κ3) is 6.58. The predicted octanol–water partition coefficient (Wildman–Crippen LogP) is 3.61. The highest BCUT2D eigenvalue weighted by atomic mass is 32.2. The smallest absolute Gasteiger partial charge is 0.251 e. The highest BCUT2D eigenvalue weighted by Gasteiger charge is 2.23. The van der Waals surface area contributed by atoms with Gasteiger partial charge < -0.3 is 10.1 Å². The van der Waals surface area contributed by atoms with Gasteiger partial charge in [0.2, 0.25) is 10.0 Å². The van der Waals surface area contributed by atoms with Crippen LogP contribution in [0.3, 0.4) is 0 Å². The summed E-state index contributed by atoms with van der Waals surface area (Å²) >= 11 is 0. The maximum absolute atomic E-state index is 12.5. The van der Waals surface area contributed by atoms with Crippen molar-refractivity contribution in [2.75, 3.05) is 20.2 Å². The molecule has 7 heteroatoms. The molecule has 0 atom stereocenters. The Labute approximate surface area is 173 Å². The number of benzene rings is 2. The topological polar surface area (TPSA) is 75.7 Å². The molecular formula is C22H30N2O4S. The van der Waals surface area contributed by atoms with Crippen molar-refractivity contribution in [3.63, 3.8) is 0 Å². The molecule has 0 fully saturated rings. The number of sulfonamides is 1. The van der Waals surface area contributed by atoms with E-state index in [4.69, 9.17) is 4.74 Å². The number of aryl methyl sites for hydroxylation is 1. The molecule has 0 spiro atoms. The van der Waals surface area contributed by atoms with Crippen molar-refractivity contribution in [3.05, 3.63) is 59.7 Å². The first kappa shape index (κ1) is 22.9. The van der Waals surface area contributed by atoms with Gasteiger partial charge in [-0.3, -0.25) is 4.79 Å². The Morgan fingerprint density at radius 2 is 1.66 bits per heavy atom. The van der Waals surface area contributed by atoms with E-state index in [1.165, 1.54) is 34.1 Å². The van der Waals surface area contributed by atoms with Crippen LogP contribution in [0.5, 0.6) is 5.75 Å². The number of ether oxygens (including phenoxy) is 1.